The molecule has 0 aliphatic carbocycles. The Kier molecular flexibility index (Phi) is 18.7. The van der Waals surface area contributed by atoms with Gasteiger partial charge < -0.3 is 5.32 Å². The highest BCUT2D eigenvalue weighted by molar-refractivity contribution is 9.08. The lowest BCUT2D eigenvalue weighted by Gasteiger charge is -2.05. The molecule has 0 fully saturated rings. The third-order valence-corrected chi connectivity index (χ3v) is 7.01. The van der Waals surface area contributed by atoms with Gasteiger partial charge in [-0.05, 0) is 53.4 Å². The van der Waals surface area contributed by atoms with Crippen LogP contribution in [0.15, 0.2) is 97.1 Å². The Hall–Kier alpha value is -4.83. The molecule has 4 rings (SSSR count). The number of hydrogen-bond donors (Lipinski definition) is 2. The molecule has 0 atom stereocenters. The predicted octanol–water partition coefficient (Wildman–Crippen LogP) is 7.84. The average Bonchev–Trinajstić information content (AvgIpc) is 3.07. The Morgan fingerprint density at radius 3 is 1.11 bits per heavy atom. The summed E-state index contributed by atoms with van der Waals surface area (Å²) in [5, 5.41) is 45.5. The van der Waals surface area contributed by atoms with Gasteiger partial charge in [-0.3, -0.25) is 40.5 Å². The Morgan fingerprint density at radius 2 is 0.809 bits per heavy atom. The van der Waals surface area contributed by atoms with Gasteiger partial charge in [0.2, 0.25) is 0 Å². The molecule has 47 heavy (non-hydrogen) atoms. The summed E-state index contributed by atoms with van der Waals surface area (Å²) in [5.41, 5.74) is 4.46. The van der Waals surface area contributed by atoms with Crippen LogP contribution in [-0.4, -0.2) is 32.8 Å². The zero-order valence-corrected chi connectivity index (χ0v) is 26.6. The first kappa shape index (κ1) is 40.2. The molecule has 0 saturated carbocycles. The zero-order valence-electron chi connectivity index (χ0n) is 24.3. The molecule has 0 amide bonds. The largest absolute Gasteiger partial charge is 0.312 e. The highest BCUT2D eigenvalue weighted by atomic mass is 79.9. The van der Waals surface area contributed by atoms with E-state index in [9.17, 15) is 40.5 Å². The van der Waals surface area contributed by atoms with Gasteiger partial charge >= 0.3 is 0 Å². The molecule has 250 valence electrons. The first-order chi connectivity index (χ1) is 22.0. The molecule has 0 aliphatic rings. The van der Waals surface area contributed by atoms with Crippen LogP contribution in [0, 0.1) is 40.5 Å². The first-order valence-electron chi connectivity index (χ1n) is 13.6. The van der Waals surface area contributed by atoms with Crippen molar-refractivity contribution in [2.24, 2.45) is 0 Å². The van der Waals surface area contributed by atoms with Gasteiger partial charge in [-0.25, -0.2) is 4.84 Å². The number of nitro groups is 4. The van der Waals surface area contributed by atoms with Crippen molar-refractivity contribution in [2.45, 2.75) is 32.1 Å². The van der Waals surface area contributed by atoms with Crippen LogP contribution in [0.1, 0.15) is 29.7 Å². The average molecular weight is 734 g/mol. The summed E-state index contributed by atoms with van der Waals surface area (Å²) in [6.07, 6.45) is 1.52. The second-order valence-electron chi connectivity index (χ2n) is 9.39. The highest BCUT2D eigenvalue weighted by Crippen LogP contribution is 2.15. The second kappa shape index (κ2) is 21.8. The lowest BCUT2D eigenvalue weighted by atomic mass is 10.1. The van der Waals surface area contributed by atoms with Gasteiger partial charge in [-0.1, -0.05) is 71.9 Å². The number of nitrogens with one attached hydrogen (secondary N) is 2. The van der Waals surface area contributed by atoms with E-state index < -0.39 is 19.7 Å². The van der Waals surface area contributed by atoms with Crippen molar-refractivity contribution in [2.75, 3.05) is 13.1 Å². The summed E-state index contributed by atoms with van der Waals surface area (Å²) >= 11 is 8.52. The van der Waals surface area contributed by atoms with Crippen LogP contribution in [-0.2, 0) is 24.7 Å². The number of rotatable bonds is 13. The topological polar surface area (TPSA) is 197 Å². The van der Waals surface area contributed by atoms with Crippen molar-refractivity contribution in [1.29, 1.82) is 0 Å². The minimum atomic E-state index is -0.425. The van der Waals surface area contributed by atoms with E-state index in [-0.39, 0.29) is 30.2 Å². The van der Waals surface area contributed by atoms with Crippen molar-refractivity contribution in [1.82, 2.24) is 10.2 Å². The van der Waals surface area contributed by atoms with Crippen LogP contribution in [0.3, 0.4) is 0 Å². The van der Waals surface area contributed by atoms with Gasteiger partial charge in [0.25, 0.3) is 22.7 Å². The van der Waals surface area contributed by atoms with E-state index in [0.29, 0.717) is 13.1 Å². The van der Waals surface area contributed by atoms with E-state index >= 15 is 0 Å². The quantitative estimate of drug-likeness (QED) is 0.0449. The predicted molar refractivity (Wildman–Crippen MR) is 185 cm³/mol. The molecule has 4 aromatic rings. The summed E-state index contributed by atoms with van der Waals surface area (Å²) in [7, 11) is 0. The monoisotopic (exact) mass is 732 g/mol. The van der Waals surface area contributed by atoms with Gasteiger partial charge in [-0.15, -0.1) is 0 Å². The maximum Gasteiger partial charge on any atom is 0.269 e. The Labute approximate surface area is 284 Å². The van der Waals surface area contributed by atoms with E-state index in [1.807, 2.05) is 0 Å². The smallest absolute Gasteiger partial charge is 0.269 e. The van der Waals surface area contributed by atoms with Crippen molar-refractivity contribution in [3.8, 4) is 0 Å². The van der Waals surface area contributed by atoms with Gasteiger partial charge in [0.05, 0.1) is 19.7 Å². The number of halogens is 2. The molecule has 0 heterocycles. The molecule has 4 aromatic carbocycles. The minimum absolute atomic E-state index is 0. The fourth-order valence-electron chi connectivity index (χ4n) is 3.67. The van der Waals surface area contributed by atoms with E-state index in [2.05, 4.69) is 26.1 Å². The minimum Gasteiger partial charge on any atom is -0.312 e. The van der Waals surface area contributed by atoms with Crippen LogP contribution in [0.4, 0.5) is 22.7 Å². The standard InChI is InChI=1S/C15H15N3O4.C8H9ClN2O2.C7H6BrNO2.CH4/c19-17(20)14-5-1-12(2-6-14)9-10-16-11-13-3-7-15(8-4-13)18(21)22;9-10-6-5-7-1-3-8(4-2-7)11(12)13;8-5-6-1-3-7(4-2-6)9(10)11;/h1-8,16H,9-11H2;1-4,10H,5-6H2;1-4H,5H2;1H4. The molecule has 0 unspecified atom stereocenters. The fourth-order valence-corrected chi connectivity index (χ4v) is 4.14. The normalized spacial score (nSPS) is 9.83. The number of nitro benzene ring substituents is 4. The van der Waals surface area contributed by atoms with Crippen molar-refractivity contribution in [3.05, 3.63) is 160 Å². The summed E-state index contributed by atoms with van der Waals surface area (Å²) in [6, 6.07) is 25.8. The summed E-state index contributed by atoms with van der Waals surface area (Å²) < 4.78 is 0. The molecule has 0 bridgehead atoms. The van der Waals surface area contributed by atoms with Gasteiger partial charge in [0.1, 0.15) is 0 Å². The Bertz CT molecular complexity index is 1500. The van der Waals surface area contributed by atoms with Crippen LogP contribution in [0.5, 0.6) is 0 Å². The van der Waals surface area contributed by atoms with Gasteiger partial charge in [0, 0.05) is 67.0 Å². The number of hydrogen-bond acceptors (Lipinski definition) is 10. The SMILES string of the molecule is C.O=[N+]([O-])c1ccc(CBr)cc1.O=[N+]([O-])c1ccc(CCNCc2ccc([N+](=O)[O-])cc2)cc1.O=[N+]([O-])c1ccc(CCNCl)cc1. The molecule has 0 radical (unpaired) electrons. The third kappa shape index (κ3) is 15.3. The van der Waals surface area contributed by atoms with Crippen LogP contribution in [0.2, 0.25) is 0 Å². The van der Waals surface area contributed by atoms with E-state index in [1.165, 1.54) is 48.5 Å². The van der Waals surface area contributed by atoms with Crippen molar-refractivity contribution < 1.29 is 19.7 Å². The molecule has 16 heteroatoms. The summed E-state index contributed by atoms with van der Waals surface area (Å²) in [5.74, 6) is 0. The number of benzene rings is 4. The zero-order chi connectivity index (χ0) is 33.9. The third-order valence-electron chi connectivity index (χ3n) is 6.17. The van der Waals surface area contributed by atoms with Crippen LogP contribution in [0.25, 0.3) is 0 Å². The van der Waals surface area contributed by atoms with E-state index in [4.69, 9.17) is 11.8 Å². The van der Waals surface area contributed by atoms with Crippen molar-refractivity contribution >= 4 is 50.5 Å². The summed E-state index contributed by atoms with van der Waals surface area (Å²) in [4.78, 5) is 42.4. The Balaban J connectivity index is 0.000000378. The maximum absolute atomic E-state index is 10.5. The molecule has 2 N–H and O–H groups in total. The summed E-state index contributed by atoms with van der Waals surface area (Å²) in [6.45, 7) is 1.99. The fraction of sp³-hybridized carbons (Fsp3) is 0.226. The van der Waals surface area contributed by atoms with E-state index in [0.717, 1.165) is 47.0 Å². The number of alkyl halides is 1. The van der Waals surface area contributed by atoms with E-state index in [1.54, 1.807) is 48.5 Å². The molecule has 0 spiro atoms. The molecule has 14 nitrogen and oxygen atoms in total. The van der Waals surface area contributed by atoms with Crippen LogP contribution < -0.4 is 10.2 Å². The molecule has 0 aromatic heterocycles. The number of nitrogens with zero attached hydrogens (tertiary/aromatic N) is 4. The van der Waals surface area contributed by atoms with Crippen molar-refractivity contribution in [3.63, 3.8) is 0 Å². The molecule has 0 saturated heterocycles. The number of non-ortho nitro benzene ring substituents is 4. The lowest BCUT2D eigenvalue weighted by Crippen LogP contribution is -2.16. The van der Waals surface area contributed by atoms with Crippen LogP contribution >= 0.6 is 27.7 Å². The maximum atomic E-state index is 10.5. The Morgan fingerprint density at radius 1 is 0.511 bits per heavy atom. The highest BCUT2D eigenvalue weighted by Gasteiger charge is 2.06. The first-order valence-corrected chi connectivity index (χ1v) is 15.1. The molecular weight excluding hydrogens is 700 g/mol. The molecule has 0 aliphatic heterocycles. The molecular formula is C31H34BrClN6O8. The van der Waals surface area contributed by atoms with Gasteiger partial charge in [0.15, 0.2) is 0 Å². The second-order valence-corrected chi connectivity index (χ2v) is 10.2. The van der Waals surface area contributed by atoms with Gasteiger partial charge in [-0.2, -0.15) is 0 Å². The lowest BCUT2D eigenvalue weighted by molar-refractivity contribution is -0.385.